The number of nitrogens with zero attached hydrogens (tertiary/aromatic N) is 1. The molecule has 2 aliphatic rings. The van der Waals surface area contributed by atoms with Crippen LogP contribution in [0.3, 0.4) is 0 Å². The van der Waals surface area contributed by atoms with Gasteiger partial charge in [-0.15, -0.1) is 0 Å². The zero-order valence-electron chi connectivity index (χ0n) is 22.3. The van der Waals surface area contributed by atoms with Crippen LogP contribution in [0.1, 0.15) is 91.9 Å². The Morgan fingerprint density at radius 2 is 1.43 bits per heavy atom. The molecule has 196 valence electrons. The van der Waals surface area contributed by atoms with Gasteiger partial charge < -0.3 is 14.7 Å². The molecule has 2 atom stereocenters. The van der Waals surface area contributed by atoms with Crippen LogP contribution in [0, 0.1) is 0 Å². The molecular formula is C34H43NO2. The molecule has 0 aromatic heterocycles. The molecule has 2 heterocycles. The van der Waals surface area contributed by atoms with Gasteiger partial charge in [0.05, 0.1) is 6.61 Å². The van der Waals surface area contributed by atoms with Crippen molar-refractivity contribution in [1.82, 2.24) is 4.90 Å². The molecule has 0 aliphatic carbocycles. The van der Waals surface area contributed by atoms with Gasteiger partial charge in [0.1, 0.15) is 11.5 Å². The number of phenols is 1. The molecule has 3 nitrogen and oxygen atoms in total. The highest BCUT2D eigenvalue weighted by Crippen LogP contribution is 2.46. The molecule has 3 aromatic carbocycles. The normalized spacial score (nSPS) is 19.5. The molecule has 0 saturated carbocycles. The van der Waals surface area contributed by atoms with Crippen molar-refractivity contribution in [2.45, 2.75) is 76.0 Å². The predicted octanol–water partition coefficient (Wildman–Crippen LogP) is 8.07. The Balaban J connectivity index is 1.12. The maximum absolute atomic E-state index is 10.00. The third-order valence-electron chi connectivity index (χ3n) is 8.36. The van der Waals surface area contributed by atoms with E-state index in [1.807, 2.05) is 6.07 Å². The van der Waals surface area contributed by atoms with Crippen LogP contribution in [0.4, 0.5) is 0 Å². The fourth-order valence-corrected chi connectivity index (χ4v) is 6.24. The Morgan fingerprint density at radius 3 is 2.19 bits per heavy atom. The van der Waals surface area contributed by atoms with Crippen LogP contribution in [-0.2, 0) is 6.42 Å². The van der Waals surface area contributed by atoms with Crippen molar-refractivity contribution in [3.8, 4) is 11.5 Å². The number of unbranched alkanes of at least 4 members (excludes halogenated alkanes) is 6. The quantitative estimate of drug-likeness (QED) is 0.257. The third kappa shape index (κ3) is 6.96. The van der Waals surface area contributed by atoms with Crippen molar-refractivity contribution in [3.05, 3.63) is 95.1 Å². The molecule has 0 radical (unpaired) electrons. The van der Waals surface area contributed by atoms with E-state index in [9.17, 15) is 5.11 Å². The lowest BCUT2D eigenvalue weighted by molar-refractivity contribution is 0.248. The van der Waals surface area contributed by atoms with Gasteiger partial charge in [-0.1, -0.05) is 92.8 Å². The van der Waals surface area contributed by atoms with Gasteiger partial charge in [-0.2, -0.15) is 0 Å². The first-order valence-electron chi connectivity index (χ1n) is 14.6. The van der Waals surface area contributed by atoms with Gasteiger partial charge in [-0.3, -0.25) is 0 Å². The SMILES string of the molecule is Oc1ccc2c(c1)OC[C@H](c1ccccc1)C2c1ccc(CCCCCCCCCN2CCCC2)cc1. The number of rotatable bonds is 12. The van der Waals surface area contributed by atoms with E-state index in [2.05, 4.69) is 59.5 Å². The van der Waals surface area contributed by atoms with Gasteiger partial charge >= 0.3 is 0 Å². The summed E-state index contributed by atoms with van der Waals surface area (Å²) >= 11 is 0. The summed E-state index contributed by atoms with van der Waals surface area (Å²) in [6, 6.07) is 25.5. The number of hydrogen-bond donors (Lipinski definition) is 1. The number of ether oxygens (including phenoxy) is 1. The molecule has 3 heteroatoms. The zero-order valence-corrected chi connectivity index (χ0v) is 22.3. The Hall–Kier alpha value is -2.78. The fraction of sp³-hybridized carbons (Fsp3) is 0.471. The van der Waals surface area contributed by atoms with Crippen molar-refractivity contribution in [3.63, 3.8) is 0 Å². The van der Waals surface area contributed by atoms with Gasteiger partial charge in [0.15, 0.2) is 0 Å². The lowest BCUT2D eigenvalue weighted by atomic mass is 9.75. The second kappa shape index (κ2) is 13.1. The van der Waals surface area contributed by atoms with Crippen molar-refractivity contribution in [2.75, 3.05) is 26.2 Å². The smallest absolute Gasteiger partial charge is 0.126 e. The first-order valence-corrected chi connectivity index (χ1v) is 14.6. The standard InChI is InChI=1S/C34H43NO2/c36-30-20-21-31-33(25-30)37-26-32(28-14-8-6-9-15-28)34(31)29-18-16-27(17-19-29)13-7-4-2-1-3-5-10-22-35-23-11-12-24-35/h6,8-9,14-21,25,32,34,36H,1-5,7,10-13,22-24,26H2/t32-,34?/m1/s1. The molecular weight excluding hydrogens is 454 g/mol. The number of benzene rings is 3. The number of aromatic hydroxyl groups is 1. The predicted molar refractivity (Wildman–Crippen MR) is 153 cm³/mol. The van der Waals surface area contributed by atoms with E-state index in [0.717, 1.165) is 17.7 Å². The molecule has 3 aromatic rings. The Morgan fingerprint density at radius 1 is 0.730 bits per heavy atom. The summed E-state index contributed by atoms with van der Waals surface area (Å²) in [6.07, 6.45) is 13.5. The van der Waals surface area contributed by atoms with Crippen LogP contribution in [0.15, 0.2) is 72.8 Å². The van der Waals surface area contributed by atoms with E-state index in [0.29, 0.717) is 6.61 Å². The minimum Gasteiger partial charge on any atom is -0.508 e. The number of aryl methyl sites for hydroxylation is 1. The molecule has 0 bridgehead atoms. The maximum atomic E-state index is 10.00. The van der Waals surface area contributed by atoms with E-state index in [1.54, 1.807) is 12.1 Å². The van der Waals surface area contributed by atoms with Crippen LogP contribution < -0.4 is 4.74 Å². The molecule has 0 amide bonds. The van der Waals surface area contributed by atoms with E-state index in [1.165, 1.54) is 94.1 Å². The lowest BCUT2D eigenvalue weighted by Gasteiger charge is -2.34. The second-order valence-electron chi connectivity index (χ2n) is 11.0. The van der Waals surface area contributed by atoms with Crippen LogP contribution in [0.25, 0.3) is 0 Å². The Labute approximate surface area is 223 Å². The van der Waals surface area contributed by atoms with Gasteiger partial charge in [-0.05, 0) is 74.5 Å². The minimum atomic E-state index is 0.214. The highest BCUT2D eigenvalue weighted by Gasteiger charge is 2.33. The number of phenolic OH excluding ortho intramolecular Hbond substituents is 1. The molecule has 1 fully saturated rings. The maximum Gasteiger partial charge on any atom is 0.126 e. The summed E-state index contributed by atoms with van der Waals surface area (Å²) in [5.74, 6) is 1.52. The number of fused-ring (bicyclic) bond motifs is 1. The summed E-state index contributed by atoms with van der Waals surface area (Å²) in [6.45, 7) is 4.61. The average molecular weight is 498 g/mol. The average Bonchev–Trinajstić information content (AvgIpc) is 3.46. The van der Waals surface area contributed by atoms with Crippen molar-refractivity contribution in [1.29, 1.82) is 0 Å². The van der Waals surface area contributed by atoms with E-state index in [-0.39, 0.29) is 17.6 Å². The Bertz CT molecular complexity index is 1090. The fourth-order valence-electron chi connectivity index (χ4n) is 6.24. The topological polar surface area (TPSA) is 32.7 Å². The highest BCUT2D eigenvalue weighted by atomic mass is 16.5. The summed E-state index contributed by atoms with van der Waals surface area (Å²) < 4.78 is 6.11. The van der Waals surface area contributed by atoms with Crippen molar-refractivity contribution >= 4 is 0 Å². The first kappa shape index (κ1) is 25.9. The summed E-state index contributed by atoms with van der Waals surface area (Å²) in [7, 11) is 0. The number of likely N-dealkylation sites (tertiary alicyclic amines) is 1. The summed E-state index contributed by atoms with van der Waals surface area (Å²) in [5.41, 5.74) is 5.21. The molecule has 1 saturated heterocycles. The van der Waals surface area contributed by atoms with E-state index < -0.39 is 0 Å². The minimum absolute atomic E-state index is 0.214. The molecule has 5 rings (SSSR count). The highest BCUT2D eigenvalue weighted by molar-refractivity contribution is 5.50. The summed E-state index contributed by atoms with van der Waals surface area (Å²) in [4.78, 5) is 2.64. The molecule has 37 heavy (non-hydrogen) atoms. The Kier molecular flexibility index (Phi) is 9.18. The van der Waals surface area contributed by atoms with E-state index in [4.69, 9.17) is 4.74 Å². The van der Waals surface area contributed by atoms with Crippen LogP contribution in [0.2, 0.25) is 0 Å². The number of hydrogen-bond acceptors (Lipinski definition) is 3. The largest absolute Gasteiger partial charge is 0.508 e. The van der Waals surface area contributed by atoms with Gasteiger partial charge in [0.25, 0.3) is 0 Å². The molecule has 0 spiro atoms. The monoisotopic (exact) mass is 497 g/mol. The van der Waals surface area contributed by atoms with E-state index >= 15 is 0 Å². The molecule has 1 unspecified atom stereocenters. The summed E-state index contributed by atoms with van der Waals surface area (Å²) in [5, 5.41) is 10.00. The first-order chi connectivity index (χ1) is 18.3. The lowest BCUT2D eigenvalue weighted by Crippen LogP contribution is -2.25. The molecule has 1 N–H and O–H groups in total. The molecule has 2 aliphatic heterocycles. The third-order valence-corrected chi connectivity index (χ3v) is 8.36. The second-order valence-corrected chi connectivity index (χ2v) is 11.0. The zero-order chi connectivity index (χ0) is 25.3. The van der Waals surface area contributed by atoms with Crippen LogP contribution in [0.5, 0.6) is 11.5 Å². The van der Waals surface area contributed by atoms with Crippen molar-refractivity contribution in [2.24, 2.45) is 0 Å². The van der Waals surface area contributed by atoms with Crippen LogP contribution in [-0.4, -0.2) is 36.2 Å². The van der Waals surface area contributed by atoms with Gasteiger partial charge in [0.2, 0.25) is 0 Å². The van der Waals surface area contributed by atoms with Gasteiger partial charge in [-0.25, -0.2) is 0 Å². The van der Waals surface area contributed by atoms with Crippen LogP contribution >= 0.6 is 0 Å². The van der Waals surface area contributed by atoms with Gasteiger partial charge in [0, 0.05) is 23.5 Å². The van der Waals surface area contributed by atoms with Crippen molar-refractivity contribution < 1.29 is 9.84 Å².